The molecule has 1 saturated heterocycles. The summed E-state index contributed by atoms with van der Waals surface area (Å²) in [5, 5.41) is 74.3. The lowest BCUT2D eigenvalue weighted by molar-refractivity contribution is -0.308. The zero-order chi connectivity index (χ0) is 28.7. The number of carboxylic acids is 4. The first-order valence-corrected chi connectivity index (χ1v) is 12.3. The third kappa shape index (κ3) is 14.5. The molecule has 3 N–H and O–H groups in total. The summed E-state index contributed by atoms with van der Waals surface area (Å²) in [4.78, 5) is 52.3. The summed E-state index contributed by atoms with van der Waals surface area (Å²) in [7, 11) is 0. The van der Waals surface area contributed by atoms with Crippen LogP contribution in [0.3, 0.4) is 0 Å². The zero-order valence-electron chi connectivity index (χ0n) is 21.3. The summed E-state index contributed by atoms with van der Waals surface area (Å²) in [6.45, 7) is -1.68. The number of aliphatic carboxylic acids is 4. The second-order valence-corrected chi connectivity index (χ2v) is 9.22. The van der Waals surface area contributed by atoms with Gasteiger partial charge in [-0.25, -0.2) is 0 Å². The van der Waals surface area contributed by atoms with Crippen LogP contribution in [0.2, 0.25) is 0 Å². The Kier molecular flexibility index (Phi) is 15.9. The molecule has 0 amide bonds. The van der Waals surface area contributed by atoms with Crippen LogP contribution < -0.4 is 20.4 Å². The van der Waals surface area contributed by atoms with E-state index in [9.17, 15) is 54.9 Å². The SMILES string of the molecule is O=C([O-])CN1CCN(CC(=O)[O-])CCN(CC(O)CN(CC(=O)[O-])C(CO)CO)CCN(CC(=O)[O-])CC1. The maximum absolute atomic E-state index is 11.2. The number of nitrogens with zero attached hydrogens (tertiary/aromatic N) is 5. The lowest BCUT2D eigenvalue weighted by atomic mass is 10.2. The molecule has 1 unspecified atom stereocenters. The molecular weight excluding hydrogens is 510 g/mol. The van der Waals surface area contributed by atoms with Crippen LogP contribution in [0, 0.1) is 0 Å². The molecule has 0 aromatic heterocycles. The average Bonchev–Trinajstić information content (AvgIpc) is 2.80. The summed E-state index contributed by atoms with van der Waals surface area (Å²) >= 11 is 0. The van der Waals surface area contributed by atoms with Gasteiger partial charge in [-0.3, -0.25) is 24.5 Å². The van der Waals surface area contributed by atoms with Crippen molar-refractivity contribution in [2.75, 3.05) is 105 Å². The van der Waals surface area contributed by atoms with Crippen molar-refractivity contribution in [2.45, 2.75) is 12.1 Å². The summed E-state index contributed by atoms with van der Waals surface area (Å²) < 4.78 is 0. The predicted octanol–water partition coefficient (Wildman–Crippen LogP) is -9.78. The minimum absolute atomic E-state index is 0.0117. The fourth-order valence-corrected chi connectivity index (χ4v) is 4.21. The Bertz CT molecular complexity index is 723. The Balaban J connectivity index is 3.02. The number of β-amino-alcohol motifs (C(OH)–C–C–N with tert-alkyl or cyclic N) is 1. The highest BCUT2D eigenvalue weighted by Gasteiger charge is 2.23. The number of carboxylic acid groups (broad SMARTS) is 4. The lowest BCUT2D eigenvalue weighted by Gasteiger charge is -2.36. The van der Waals surface area contributed by atoms with Crippen molar-refractivity contribution >= 4 is 23.9 Å². The number of aliphatic hydroxyl groups excluding tert-OH is 3. The Morgan fingerprint density at radius 1 is 0.632 bits per heavy atom. The summed E-state index contributed by atoms with van der Waals surface area (Å²) in [6.07, 6.45) is -1.15. The predicted molar refractivity (Wildman–Crippen MR) is 121 cm³/mol. The molecule has 1 rings (SSSR count). The first-order chi connectivity index (χ1) is 17.9. The molecule has 0 aromatic rings. The molecule has 1 atom stereocenters. The fraction of sp³-hybridized carbons (Fsp3) is 0.818. The number of aliphatic hydroxyl groups is 3. The highest BCUT2D eigenvalue weighted by molar-refractivity contribution is 5.67. The Hall–Kier alpha value is -2.44. The number of rotatable bonds is 15. The van der Waals surface area contributed by atoms with Crippen LogP contribution in [0.25, 0.3) is 0 Å². The van der Waals surface area contributed by atoms with E-state index in [0.717, 1.165) is 0 Å². The van der Waals surface area contributed by atoms with Gasteiger partial charge < -0.3 is 54.9 Å². The van der Waals surface area contributed by atoms with E-state index in [4.69, 9.17) is 0 Å². The van der Waals surface area contributed by atoms with Gasteiger partial charge >= 0.3 is 0 Å². The van der Waals surface area contributed by atoms with Gasteiger partial charge in [0, 0.05) is 91.6 Å². The topological polar surface area (TPSA) is 237 Å². The zero-order valence-corrected chi connectivity index (χ0v) is 21.3. The number of carbonyl (C=O) groups excluding carboxylic acids is 4. The van der Waals surface area contributed by atoms with Crippen molar-refractivity contribution in [2.24, 2.45) is 0 Å². The Morgan fingerprint density at radius 3 is 1.26 bits per heavy atom. The van der Waals surface area contributed by atoms with E-state index in [0.29, 0.717) is 0 Å². The molecule has 0 radical (unpaired) electrons. The molecule has 0 spiro atoms. The van der Waals surface area contributed by atoms with Crippen LogP contribution in [-0.2, 0) is 19.2 Å². The van der Waals surface area contributed by atoms with Gasteiger partial charge in [0.05, 0.1) is 49.2 Å². The van der Waals surface area contributed by atoms with Crippen LogP contribution in [0.1, 0.15) is 0 Å². The molecule has 0 saturated carbocycles. The van der Waals surface area contributed by atoms with Crippen LogP contribution in [-0.4, -0.2) is 181 Å². The standard InChI is InChI=1S/C22H41N5O11/c28-15-17(16-29)27(14-22(37)38)10-18(30)9-23-1-3-24(11-19(31)32)5-7-26(13-21(35)36)8-6-25(4-2-23)12-20(33)34/h17-18,28-30H,1-16H2,(H,31,32)(H,33,34)(H,35,36)(H,37,38)/p-4. The Labute approximate surface area is 220 Å². The van der Waals surface area contributed by atoms with Crippen molar-refractivity contribution in [3.05, 3.63) is 0 Å². The normalized spacial score (nSPS) is 18.7. The minimum atomic E-state index is -1.46. The second-order valence-electron chi connectivity index (χ2n) is 9.22. The van der Waals surface area contributed by atoms with Gasteiger partial charge in [0.25, 0.3) is 0 Å². The van der Waals surface area contributed by atoms with E-state index in [2.05, 4.69) is 0 Å². The highest BCUT2D eigenvalue weighted by Crippen LogP contribution is 2.05. The molecule has 16 heteroatoms. The monoisotopic (exact) mass is 547 g/mol. The molecule has 1 fully saturated rings. The third-order valence-corrected chi connectivity index (χ3v) is 6.17. The minimum Gasteiger partial charge on any atom is -0.549 e. The van der Waals surface area contributed by atoms with Crippen molar-refractivity contribution in [3.63, 3.8) is 0 Å². The number of carbonyl (C=O) groups is 4. The van der Waals surface area contributed by atoms with Crippen LogP contribution in [0.15, 0.2) is 0 Å². The van der Waals surface area contributed by atoms with Gasteiger partial charge in [-0.1, -0.05) is 0 Å². The van der Waals surface area contributed by atoms with Gasteiger partial charge in [-0.05, 0) is 0 Å². The largest absolute Gasteiger partial charge is 0.549 e. The first-order valence-electron chi connectivity index (χ1n) is 12.3. The van der Waals surface area contributed by atoms with Crippen LogP contribution in [0.5, 0.6) is 0 Å². The smallest absolute Gasteiger partial charge is 0.0794 e. The summed E-state index contributed by atoms with van der Waals surface area (Å²) in [6, 6.07) is -0.935. The molecule has 220 valence electrons. The maximum Gasteiger partial charge on any atom is 0.0794 e. The van der Waals surface area contributed by atoms with Crippen molar-refractivity contribution in [3.8, 4) is 0 Å². The van der Waals surface area contributed by atoms with E-state index in [-0.39, 0.29) is 65.4 Å². The highest BCUT2D eigenvalue weighted by atomic mass is 16.4. The first kappa shape index (κ1) is 33.6. The molecule has 0 aliphatic carbocycles. The van der Waals surface area contributed by atoms with Crippen LogP contribution >= 0.6 is 0 Å². The summed E-state index contributed by atoms with van der Waals surface area (Å²) in [5.41, 5.74) is 0. The molecule has 0 aromatic carbocycles. The third-order valence-electron chi connectivity index (χ3n) is 6.17. The molecular formula is C22H37N5O11-4. The lowest BCUT2D eigenvalue weighted by Crippen LogP contribution is -2.53. The Morgan fingerprint density at radius 2 is 0.974 bits per heavy atom. The fourth-order valence-electron chi connectivity index (χ4n) is 4.21. The maximum atomic E-state index is 11.2. The van der Waals surface area contributed by atoms with E-state index >= 15 is 0 Å². The van der Waals surface area contributed by atoms with E-state index in [1.807, 2.05) is 0 Å². The molecule has 0 bridgehead atoms. The van der Waals surface area contributed by atoms with Crippen LogP contribution in [0.4, 0.5) is 0 Å². The van der Waals surface area contributed by atoms with Crippen molar-refractivity contribution in [1.82, 2.24) is 24.5 Å². The van der Waals surface area contributed by atoms with Gasteiger partial charge in [0.15, 0.2) is 0 Å². The summed E-state index contributed by atoms with van der Waals surface area (Å²) in [5.74, 6) is -5.44. The number of hydrogen-bond donors (Lipinski definition) is 3. The van der Waals surface area contributed by atoms with Crippen molar-refractivity contribution < 1.29 is 54.9 Å². The molecule has 1 aliphatic heterocycles. The van der Waals surface area contributed by atoms with Gasteiger partial charge in [-0.2, -0.15) is 0 Å². The second kappa shape index (κ2) is 18.0. The molecule has 1 heterocycles. The van der Waals surface area contributed by atoms with Gasteiger partial charge in [0.1, 0.15) is 0 Å². The quantitative estimate of drug-likeness (QED) is 0.172. The molecule has 38 heavy (non-hydrogen) atoms. The van der Waals surface area contributed by atoms with Gasteiger partial charge in [0.2, 0.25) is 0 Å². The van der Waals surface area contributed by atoms with Crippen molar-refractivity contribution in [1.29, 1.82) is 0 Å². The molecule has 1 aliphatic rings. The van der Waals surface area contributed by atoms with E-state index in [1.54, 1.807) is 14.7 Å². The molecule has 16 nitrogen and oxygen atoms in total. The van der Waals surface area contributed by atoms with E-state index < -0.39 is 75.4 Å². The average molecular weight is 548 g/mol. The van der Waals surface area contributed by atoms with Gasteiger partial charge in [-0.15, -0.1) is 0 Å². The van der Waals surface area contributed by atoms with E-state index in [1.165, 1.54) is 9.80 Å². The number of hydrogen-bond acceptors (Lipinski definition) is 16.